The summed E-state index contributed by atoms with van der Waals surface area (Å²) in [5, 5.41) is 5.73. The molecule has 0 unspecified atom stereocenters. The number of carbonyl (C=O) groups excluding carboxylic acids is 3. The van der Waals surface area contributed by atoms with Crippen LogP contribution in [0.5, 0.6) is 0 Å². The average Bonchev–Trinajstić information content (AvgIpc) is 3.18. The molecule has 2 fully saturated rings. The van der Waals surface area contributed by atoms with E-state index in [2.05, 4.69) is 10.6 Å². The Labute approximate surface area is 173 Å². The fraction of sp³-hybridized carbons (Fsp3) is 0.591. The van der Waals surface area contributed by atoms with Crippen molar-refractivity contribution in [2.75, 3.05) is 13.1 Å². The second-order valence-corrected chi connectivity index (χ2v) is 7.26. The first-order valence-electron chi connectivity index (χ1n) is 10.7. The number of amides is 3. The third-order valence-corrected chi connectivity index (χ3v) is 5.41. The molecule has 1 aromatic rings. The largest absolute Gasteiger partial charge is 0.354 e. The van der Waals surface area contributed by atoms with Gasteiger partial charge in [-0.2, -0.15) is 0 Å². The van der Waals surface area contributed by atoms with Crippen molar-refractivity contribution in [3.8, 4) is 0 Å². The minimum atomic E-state index is -0.544. The van der Waals surface area contributed by atoms with Crippen molar-refractivity contribution < 1.29 is 14.4 Å². The molecule has 160 valence electrons. The third-order valence-electron chi connectivity index (χ3n) is 5.41. The fourth-order valence-corrected chi connectivity index (χ4v) is 4.04. The standard InChI is InChI=1S/C20H28N4O3.C2H6/c21-12-10-18(25)23-16-8-6-15-7-9-17(24(15)20(16)27)19(26)22-13-11-14-4-2-1-3-5-14;1-2/h1-5,15-17H,6-13,21H2,(H,22,26)(H,23,25);1-2H3/t15-,16-,17-;/m0./s1. The Morgan fingerprint density at radius 1 is 1.10 bits per heavy atom. The smallest absolute Gasteiger partial charge is 0.246 e. The molecule has 2 aliphatic rings. The van der Waals surface area contributed by atoms with Crippen LogP contribution in [0.2, 0.25) is 0 Å². The van der Waals surface area contributed by atoms with Gasteiger partial charge in [0.15, 0.2) is 0 Å². The summed E-state index contributed by atoms with van der Waals surface area (Å²) >= 11 is 0. The van der Waals surface area contributed by atoms with Crippen molar-refractivity contribution in [3.05, 3.63) is 35.9 Å². The van der Waals surface area contributed by atoms with Crippen LogP contribution in [-0.2, 0) is 20.8 Å². The molecule has 3 rings (SSSR count). The molecule has 3 atom stereocenters. The quantitative estimate of drug-likeness (QED) is 0.640. The number of rotatable bonds is 7. The van der Waals surface area contributed by atoms with Gasteiger partial charge < -0.3 is 21.3 Å². The molecule has 7 nitrogen and oxygen atoms in total. The Morgan fingerprint density at radius 3 is 2.48 bits per heavy atom. The number of carbonyl (C=O) groups is 3. The molecular formula is C22H34N4O3. The number of hydrogen-bond donors (Lipinski definition) is 3. The van der Waals surface area contributed by atoms with Crippen LogP contribution in [0, 0.1) is 0 Å². The van der Waals surface area contributed by atoms with E-state index in [4.69, 9.17) is 5.73 Å². The van der Waals surface area contributed by atoms with Gasteiger partial charge in [-0.1, -0.05) is 44.2 Å². The molecule has 0 saturated carbocycles. The van der Waals surface area contributed by atoms with E-state index in [0.717, 1.165) is 19.3 Å². The van der Waals surface area contributed by atoms with E-state index in [9.17, 15) is 14.4 Å². The summed E-state index contributed by atoms with van der Waals surface area (Å²) in [5.41, 5.74) is 6.56. The summed E-state index contributed by atoms with van der Waals surface area (Å²) in [6.07, 6.45) is 3.92. The zero-order valence-electron chi connectivity index (χ0n) is 17.5. The van der Waals surface area contributed by atoms with Crippen LogP contribution in [0.1, 0.15) is 51.5 Å². The minimum absolute atomic E-state index is 0.101. The van der Waals surface area contributed by atoms with Gasteiger partial charge in [0.05, 0.1) is 0 Å². The highest BCUT2D eigenvalue weighted by atomic mass is 16.2. The second kappa shape index (κ2) is 11.6. The SMILES string of the molecule is CC.NCCC(=O)N[C@H]1CC[C@H]2CC[C@@H](C(=O)NCCc3ccccc3)N2C1=O. The van der Waals surface area contributed by atoms with E-state index in [-0.39, 0.29) is 36.7 Å². The number of nitrogens with one attached hydrogen (secondary N) is 2. The van der Waals surface area contributed by atoms with Crippen LogP contribution >= 0.6 is 0 Å². The Morgan fingerprint density at radius 2 is 1.79 bits per heavy atom. The highest BCUT2D eigenvalue weighted by molar-refractivity contribution is 5.93. The van der Waals surface area contributed by atoms with Crippen molar-refractivity contribution in [2.24, 2.45) is 5.73 Å². The average molecular weight is 403 g/mol. The molecule has 0 radical (unpaired) electrons. The zero-order chi connectivity index (χ0) is 21.2. The fourth-order valence-electron chi connectivity index (χ4n) is 4.04. The van der Waals surface area contributed by atoms with E-state index in [1.807, 2.05) is 44.2 Å². The van der Waals surface area contributed by atoms with Crippen LogP contribution in [0.3, 0.4) is 0 Å². The lowest BCUT2D eigenvalue weighted by Gasteiger charge is -2.37. The minimum Gasteiger partial charge on any atom is -0.354 e. The maximum atomic E-state index is 12.9. The molecule has 2 saturated heterocycles. The summed E-state index contributed by atoms with van der Waals surface area (Å²) in [5.74, 6) is -0.453. The number of fused-ring (bicyclic) bond motifs is 1. The van der Waals surface area contributed by atoms with Gasteiger partial charge >= 0.3 is 0 Å². The Hall–Kier alpha value is -2.41. The topological polar surface area (TPSA) is 105 Å². The lowest BCUT2D eigenvalue weighted by molar-refractivity contribution is -0.146. The van der Waals surface area contributed by atoms with Gasteiger partial charge in [-0.3, -0.25) is 14.4 Å². The molecule has 0 spiro atoms. The Bertz CT molecular complexity index is 680. The maximum Gasteiger partial charge on any atom is 0.246 e. The first kappa shape index (κ1) is 22.9. The van der Waals surface area contributed by atoms with E-state index in [1.165, 1.54) is 5.56 Å². The Balaban J connectivity index is 0.00000145. The van der Waals surface area contributed by atoms with Crippen molar-refractivity contribution in [1.29, 1.82) is 0 Å². The van der Waals surface area contributed by atoms with Gasteiger partial charge in [-0.15, -0.1) is 0 Å². The lowest BCUT2D eigenvalue weighted by atomic mass is 9.98. The summed E-state index contributed by atoms with van der Waals surface area (Å²) in [6.45, 7) is 4.80. The molecule has 2 heterocycles. The zero-order valence-corrected chi connectivity index (χ0v) is 17.5. The van der Waals surface area contributed by atoms with Crippen LogP contribution in [0.15, 0.2) is 30.3 Å². The maximum absolute atomic E-state index is 12.9. The van der Waals surface area contributed by atoms with Gasteiger partial charge in [0.25, 0.3) is 0 Å². The highest BCUT2D eigenvalue weighted by Gasteiger charge is 2.46. The van der Waals surface area contributed by atoms with Crippen LogP contribution < -0.4 is 16.4 Å². The third kappa shape index (κ3) is 6.03. The first-order chi connectivity index (χ1) is 14.1. The lowest BCUT2D eigenvalue weighted by Crippen LogP contribution is -2.58. The highest BCUT2D eigenvalue weighted by Crippen LogP contribution is 2.32. The first-order valence-corrected chi connectivity index (χ1v) is 10.7. The van der Waals surface area contributed by atoms with E-state index in [1.54, 1.807) is 4.90 Å². The van der Waals surface area contributed by atoms with Gasteiger partial charge in [-0.05, 0) is 37.7 Å². The van der Waals surface area contributed by atoms with Gasteiger partial charge in [0.2, 0.25) is 17.7 Å². The van der Waals surface area contributed by atoms with Crippen LogP contribution in [-0.4, -0.2) is 53.8 Å². The molecule has 0 bridgehead atoms. The van der Waals surface area contributed by atoms with Crippen molar-refractivity contribution in [3.63, 3.8) is 0 Å². The monoisotopic (exact) mass is 402 g/mol. The normalized spacial score (nSPS) is 22.9. The number of nitrogens with two attached hydrogens (primary N) is 1. The number of hydrogen-bond acceptors (Lipinski definition) is 4. The second-order valence-electron chi connectivity index (χ2n) is 7.26. The van der Waals surface area contributed by atoms with Crippen LogP contribution in [0.25, 0.3) is 0 Å². The molecule has 4 N–H and O–H groups in total. The predicted octanol–water partition coefficient (Wildman–Crippen LogP) is 1.36. The van der Waals surface area contributed by atoms with Crippen LogP contribution in [0.4, 0.5) is 0 Å². The van der Waals surface area contributed by atoms with E-state index < -0.39 is 12.1 Å². The van der Waals surface area contributed by atoms with Gasteiger partial charge in [-0.25, -0.2) is 0 Å². The van der Waals surface area contributed by atoms with Crippen molar-refractivity contribution >= 4 is 17.7 Å². The number of piperidine rings is 1. The molecule has 7 heteroatoms. The van der Waals surface area contributed by atoms with Gasteiger partial charge in [0, 0.05) is 25.6 Å². The summed E-state index contributed by atoms with van der Waals surface area (Å²) in [7, 11) is 0. The summed E-state index contributed by atoms with van der Waals surface area (Å²) in [4.78, 5) is 39.0. The predicted molar refractivity (Wildman–Crippen MR) is 113 cm³/mol. The number of benzene rings is 1. The molecular weight excluding hydrogens is 368 g/mol. The molecule has 0 aliphatic carbocycles. The Kier molecular flexibility index (Phi) is 9.12. The number of nitrogens with zero attached hydrogens (tertiary/aromatic N) is 1. The summed E-state index contributed by atoms with van der Waals surface area (Å²) in [6, 6.07) is 9.09. The van der Waals surface area contributed by atoms with E-state index in [0.29, 0.717) is 19.4 Å². The molecule has 1 aromatic carbocycles. The van der Waals surface area contributed by atoms with E-state index >= 15 is 0 Å². The van der Waals surface area contributed by atoms with Crippen molar-refractivity contribution in [1.82, 2.24) is 15.5 Å². The summed E-state index contributed by atoms with van der Waals surface area (Å²) < 4.78 is 0. The van der Waals surface area contributed by atoms with Gasteiger partial charge in [0.1, 0.15) is 12.1 Å². The molecule has 2 aliphatic heterocycles. The van der Waals surface area contributed by atoms with Crippen molar-refractivity contribution in [2.45, 2.75) is 70.5 Å². The molecule has 0 aromatic heterocycles. The molecule has 29 heavy (non-hydrogen) atoms. The molecule has 3 amide bonds.